The number of para-hydroxylation sites is 1. The second-order valence-electron chi connectivity index (χ2n) is 9.95. The summed E-state index contributed by atoms with van der Waals surface area (Å²) in [5.41, 5.74) is 4.59. The SMILES string of the molecule is CCCCN(CCCC)CCCO/N=C(C)/C=C1/C(=O)N(c2ccccc2C)C1c1ccccc1.O=C(O)C(=O)O. The number of carboxylic acid groups (broad SMARTS) is 2. The first-order valence-electron chi connectivity index (χ1n) is 14.2. The van der Waals surface area contributed by atoms with E-state index in [1.165, 1.54) is 25.7 Å². The van der Waals surface area contributed by atoms with Crippen molar-refractivity contribution in [1.82, 2.24) is 4.90 Å². The summed E-state index contributed by atoms with van der Waals surface area (Å²) in [5, 5.41) is 19.1. The number of unbranched alkanes of at least 4 members (excludes halogenated alkanes) is 2. The summed E-state index contributed by atoms with van der Waals surface area (Å²) in [6.07, 6.45) is 7.76. The van der Waals surface area contributed by atoms with Crippen molar-refractivity contribution in [2.24, 2.45) is 5.16 Å². The fourth-order valence-corrected chi connectivity index (χ4v) is 4.48. The zero-order valence-electron chi connectivity index (χ0n) is 24.6. The summed E-state index contributed by atoms with van der Waals surface area (Å²) in [6, 6.07) is 18.1. The quantitative estimate of drug-likeness (QED) is 0.0736. The van der Waals surface area contributed by atoms with Crippen molar-refractivity contribution in [2.75, 3.05) is 31.1 Å². The number of nitrogens with zero attached hydrogens (tertiary/aromatic N) is 3. The lowest BCUT2D eigenvalue weighted by molar-refractivity contribution is -0.159. The number of aryl methyl sites for hydroxylation is 1. The van der Waals surface area contributed by atoms with Crippen LogP contribution in [0.25, 0.3) is 0 Å². The van der Waals surface area contributed by atoms with Crippen LogP contribution in [-0.4, -0.2) is 64.9 Å². The Morgan fingerprint density at radius 2 is 1.49 bits per heavy atom. The number of hydrogen-bond donors (Lipinski definition) is 2. The predicted octanol–water partition coefficient (Wildman–Crippen LogP) is 5.85. The Labute approximate surface area is 243 Å². The maximum Gasteiger partial charge on any atom is 0.414 e. The van der Waals surface area contributed by atoms with Gasteiger partial charge in [-0.25, -0.2) is 9.59 Å². The number of benzene rings is 2. The highest BCUT2D eigenvalue weighted by molar-refractivity contribution is 6.27. The maximum absolute atomic E-state index is 13.2. The van der Waals surface area contributed by atoms with Crippen molar-refractivity contribution in [3.05, 3.63) is 77.4 Å². The van der Waals surface area contributed by atoms with E-state index in [1.54, 1.807) is 0 Å². The Morgan fingerprint density at radius 3 is 2.05 bits per heavy atom. The second-order valence-corrected chi connectivity index (χ2v) is 9.95. The topological polar surface area (TPSA) is 120 Å². The average Bonchev–Trinajstić information content (AvgIpc) is 2.96. The van der Waals surface area contributed by atoms with Crippen molar-refractivity contribution in [3.63, 3.8) is 0 Å². The van der Waals surface area contributed by atoms with E-state index in [2.05, 4.69) is 36.0 Å². The summed E-state index contributed by atoms with van der Waals surface area (Å²) >= 11 is 0. The first-order chi connectivity index (χ1) is 19.7. The van der Waals surface area contributed by atoms with Gasteiger partial charge >= 0.3 is 11.9 Å². The van der Waals surface area contributed by atoms with Crippen molar-refractivity contribution in [2.45, 2.75) is 65.8 Å². The van der Waals surface area contributed by atoms with Gasteiger partial charge in [0.1, 0.15) is 6.61 Å². The largest absolute Gasteiger partial charge is 0.473 e. The third-order valence-corrected chi connectivity index (χ3v) is 6.63. The lowest BCUT2D eigenvalue weighted by Crippen LogP contribution is -2.49. The number of carbonyl (C=O) groups excluding carboxylic acids is 1. The molecule has 0 saturated carbocycles. The Balaban J connectivity index is 0.000000883. The molecule has 0 aromatic heterocycles. The molecule has 1 aliphatic rings. The normalized spacial score (nSPS) is 15.8. The predicted molar refractivity (Wildman–Crippen MR) is 161 cm³/mol. The third-order valence-electron chi connectivity index (χ3n) is 6.63. The molecule has 222 valence electrons. The molecule has 0 bridgehead atoms. The number of carbonyl (C=O) groups is 3. The van der Waals surface area contributed by atoms with E-state index in [0.717, 1.165) is 48.4 Å². The average molecular weight is 566 g/mol. The number of aliphatic carboxylic acids is 2. The van der Waals surface area contributed by atoms with Gasteiger partial charge in [0.05, 0.1) is 11.8 Å². The molecule has 1 saturated heterocycles. The summed E-state index contributed by atoms with van der Waals surface area (Å²) in [6.45, 7) is 12.4. The van der Waals surface area contributed by atoms with Crippen LogP contribution in [0.5, 0.6) is 0 Å². The van der Waals surface area contributed by atoms with Gasteiger partial charge in [-0.2, -0.15) is 0 Å². The van der Waals surface area contributed by atoms with E-state index in [-0.39, 0.29) is 11.9 Å². The van der Waals surface area contributed by atoms with Crippen LogP contribution in [-0.2, 0) is 19.2 Å². The van der Waals surface area contributed by atoms with Crippen LogP contribution >= 0.6 is 0 Å². The molecule has 0 spiro atoms. The van der Waals surface area contributed by atoms with Crippen molar-refractivity contribution >= 4 is 29.2 Å². The first-order valence-corrected chi connectivity index (χ1v) is 14.2. The molecule has 1 aliphatic heterocycles. The molecule has 2 N–H and O–H groups in total. The number of rotatable bonds is 14. The number of carboxylic acids is 2. The van der Waals surface area contributed by atoms with E-state index in [4.69, 9.17) is 24.6 Å². The van der Waals surface area contributed by atoms with E-state index in [0.29, 0.717) is 12.3 Å². The minimum absolute atomic E-state index is 0.0187. The van der Waals surface area contributed by atoms with Gasteiger partial charge < -0.3 is 20.0 Å². The van der Waals surface area contributed by atoms with Crippen LogP contribution in [0.15, 0.2) is 71.4 Å². The van der Waals surface area contributed by atoms with Crippen LogP contribution in [0.3, 0.4) is 0 Å². The second kappa shape index (κ2) is 17.7. The van der Waals surface area contributed by atoms with Gasteiger partial charge in [-0.05, 0) is 69.5 Å². The lowest BCUT2D eigenvalue weighted by Gasteiger charge is -2.43. The fraction of sp³-hybridized carbons (Fsp3) is 0.438. The molecular formula is C32H43N3O6. The van der Waals surface area contributed by atoms with Gasteiger partial charge in [-0.15, -0.1) is 0 Å². The van der Waals surface area contributed by atoms with Gasteiger partial charge in [0.15, 0.2) is 0 Å². The number of allylic oxidation sites excluding steroid dienone is 1. The van der Waals surface area contributed by atoms with Crippen molar-refractivity contribution in [3.8, 4) is 0 Å². The van der Waals surface area contributed by atoms with Crippen LogP contribution in [0.4, 0.5) is 5.69 Å². The maximum atomic E-state index is 13.2. The first kappa shape index (κ1) is 33.2. The molecule has 1 heterocycles. The molecule has 1 fully saturated rings. The van der Waals surface area contributed by atoms with E-state index >= 15 is 0 Å². The molecule has 1 atom stereocenters. The van der Waals surface area contributed by atoms with E-state index < -0.39 is 11.9 Å². The Hall–Kier alpha value is -3.98. The van der Waals surface area contributed by atoms with Gasteiger partial charge in [-0.3, -0.25) is 9.69 Å². The number of oxime groups is 1. The molecule has 9 nitrogen and oxygen atoms in total. The van der Waals surface area contributed by atoms with Gasteiger partial charge in [-0.1, -0.05) is 80.4 Å². The van der Waals surface area contributed by atoms with Gasteiger partial charge in [0.25, 0.3) is 5.91 Å². The van der Waals surface area contributed by atoms with Crippen LogP contribution in [0.1, 0.15) is 70.0 Å². The Morgan fingerprint density at radius 1 is 0.927 bits per heavy atom. The highest BCUT2D eigenvalue weighted by Gasteiger charge is 2.44. The van der Waals surface area contributed by atoms with Crippen molar-refractivity contribution in [1.29, 1.82) is 0 Å². The molecule has 1 amide bonds. The summed E-state index contributed by atoms with van der Waals surface area (Å²) in [7, 11) is 0. The molecule has 0 radical (unpaired) electrons. The van der Waals surface area contributed by atoms with Gasteiger partial charge in [0.2, 0.25) is 0 Å². The number of anilines is 1. The molecule has 9 heteroatoms. The molecule has 0 aliphatic carbocycles. The molecule has 2 aromatic rings. The highest BCUT2D eigenvalue weighted by Crippen LogP contribution is 2.44. The van der Waals surface area contributed by atoms with Crippen LogP contribution in [0, 0.1) is 6.92 Å². The minimum Gasteiger partial charge on any atom is -0.473 e. The summed E-state index contributed by atoms with van der Waals surface area (Å²) in [5.74, 6) is -3.63. The number of hydrogen-bond acceptors (Lipinski definition) is 6. The molecule has 3 rings (SSSR count). The highest BCUT2D eigenvalue weighted by atomic mass is 16.6. The molecular weight excluding hydrogens is 522 g/mol. The molecule has 41 heavy (non-hydrogen) atoms. The Kier molecular flexibility index (Phi) is 14.3. The van der Waals surface area contributed by atoms with Crippen molar-refractivity contribution < 1.29 is 29.4 Å². The Bertz CT molecular complexity index is 1170. The monoisotopic (exact) mass is 565 g/mol. The fourth-order valence-electron chi connectivity index (χ4n) is 4.48. The lowest BCUT2D eigenvalue weighted by atomic mass is 9.86. The minimum atomic E-state index is -1.82. The zero-order chi connectivity index (χ0) is 30.2. The number of amides is 1. The number of β-lactam (4-membered cyclic amide) rings is 1. The molecule has 2 aromatic carbocycles. The summed E-state index contributed by atoms with van der Waals surface area (Å²) in [4.78, 5) is 41.5. The zero-order valence-corrected chi connectivity index (χ0v) is 24.6. The van der Waals surface area contributed by atoms with Crippen LogP contribution in [0.2, 0.25) is 0 Å². The van der Waals surface area contributed by atoms with E-state index in [1.807, 2.05) is 67.3 Å². The smallest absolute Gasteiger partial charge is 0.414 e. The summed E-state index contributed by atoms with van der Waals surface area (Å²) < 4.78 is 0. The third kappa shape index (κ3) is 10.5. The van der Waals surface area contributed by atoms with E-state index in [9.17, 15) is 4.79 Å². The van der Waals surface area contributed by atoms with Crippen LogP contribution < -0.4 is 4.90 Å². The molecule has 1 unspecified atom stereocenters. The van der Waals surface area contributed by atoms with Gasteiger partial charge in [0, 0.05) is 17.8 Å². The standard InChI is InChI=1S/C30H41N3O2.C2H2O4/c1-5-7-19-32(20-8-6-2)21-14-22-35-31-25(4)23-27-29(26-16-10-9-11-17-26)33(30(27)34)28-18-13-12-15-24(28)3;3-1(4)2(5)6/h9-13,15-18,23,29H,5-8,14,19-22H2,1-4H3;(H,3,4)(H,5,6)/b27-23+,31-25+;.